The molecule has 0 radical (unpaired) electrons. The van der Waals surface area contributed by atoms with Gasteiger partial charge in [0.05, 0.1) is 0 Å². The molecule has 86 valence electrons. The summed E-state index contributed by atoms with van der Waals surface area (Å²) >= 11 is 0. The number of nitrogens with one attached hydrogen (secondary N) is 1. The maximum atomic E-state index is 9.05. The molecular formula is C12H27NO. The van der Waals surface area contributed by atoms with Gasteiger partial charge in [-0.1, -0.05) is 34.6 Å². The van der Waals surface area contributed by atoms with Crippen molar-refractivity contribution in [1.29, 1.82) is 0 Å². The van der Waals surface area contributed by atoms with Gasteiger partial charge >= 0.3 is 0 Å². The summed E-state index contributed by atoms with van der Waals surface area (Å²) in [7, 11) is 0. The normalized spacial score (nSPS) is 13.3. The van der Waals surface area contributed by atoms with Crippen molar-refractivity contribution in [3.8, 4) is 0 Å². The second kappa shape index (κ2) is 5.72. The van der Waals surface area contributed by atoms with E-state index in [0.29, 0.717) is 5.41 Å². The van der Waals surface area contributed by atoms with E-state index in [1.807, 2.05) is 0 Å². The minimum atomic E-state index is 0.0642. The zero-order chi connectivity index (χ0) is 11.2. The third-order valence-corrected chi connectivity index (χ3v) is 2.46. The first kappa shape index (κ1) is 13.9. The van der Waals surface area contributed by atoms with E-state index in [1.165, 1.54) is 6.42 Å². The maximum absolute atomic E-state index is 9.05. The molecule has 0 atom stereocenters. The smallest absolute Gasteiger partial charge is 0.0482 e. The zero-order valence-corrected chi connectivity index (χ0v) is 10.5. The van der Waals surface area contributed by atoms with Crippen LogP contribution in [0.1, 0.15) is 47.5 Å². The molecule has 0 amide bonds. The summed E-state index contributed by atoms with van der Waals surface area (Å²) in [4.78, 5) is 0. The van der Waals surface area contributed by atoms with Gasteiger partial charge in [-0.05, 0) is 36.8 Å². The molecule has 0 aliphatic heterocycles. The number of hydrogen-bond donors (Lipinski definition) is 2. The van der Waals surface area contributed by atoms with E-state index in [-0.39, 0.29) is 12.0 Å². The summed E-state index contributed by atoms with van der Waals surface area (Å²) in [6.45, 7) is 13.3. The van der Waals surface area contributed by atoms with E-state index in [9.17, 15) is 0 Å². The molecule has 14 heavy (non-hydrogen) atoms. The molecule has 0 aliphatic carbocycles. The Morgan fingerprint density at radius 2 is 1.43 bits per heavy atom. The Morgan fingerprint density at radius 3 is 1.86 bits per heavy atom. The standard InChI is InChI=1S/C12H27NO/c1-11(2,3)6-8-13-9-7-12(4,5)10-14/h13-14H,6-10H2,1-5H3. The lowest BCUT2D eigenvalue weighted by atomic mass is 9.90. The largest absolute Gasteiger partial charge is 0.396 e. The van der Waals surface area contributed by atoms with Gasteiger partial charge in [0.15, 0.2) is 0 Å². The number of aliphatic hydroxyl groups excluding tert-OH is 1. The minimum Gasteiger partial charge on any atom is -0.396 e. The van der Waals surface area contributed by atoms with Gasteiger partial charge in [-0.2, -0.15) is 0 Å². The van der Waals surface area contributed by atoms with Crippen LogP contribution in [-0.2, 0) is 0 Å². The predicted molar refractivity (Wildman–Crippen MR) is 62.4 cm³/mol. The third kappa shape index (κ3) is 8.52. The van der Waals surface area contributed by atoms with Crippen LogP contribution < -0.4 is 5.32 Å². The molecule has 2 N–H and O–H groups in total. The number of aliphatic hydroxyl groups is 1. The van der Waals surface area contributed by atoms with E-state index < -0.39 is 0 Å². The van der Waals surface area contributed by atoms with Crippen LogP contribution in [0.2, 0.25) is 0 Å². The molecule has 0 spiro atoms. The first-order chi connectivity index (χ1) is 6.27. The molecule has 0 fully saturated rings. The van der Waals surface area contributed by atoms with E-state index >= 15 is 0 Å². The number of hydrogen-bond acceptors (Lipinski definition) is 2. The van der Waals surface area contributed by atoms with Crippen molar-refractivity contribution in [1.82, 2.24) is 5.32 Å². The van der Waals surface area contributed by atoms with E-state index in [2.05, 4.69) is 39.9 Å². The van der Waals surface area contributed by atoms with Crippen molar-refractivity contribution in [3.63, 3.8) is 0 Å². The van der Waals surface area contributed by atoms with Crippen LogP contribution in [-0.4, -0.2) is 24.8 Å². The fourth-order valence-corrected chi connectivity index (χ4v) is 1.09. The third-order valence-electron chi connectivity index (χ3n) is 2.46. The minimum absolute atomic E-state index is 0.0642. The zero-order valence-electron chi connectivity index (χ0n) is 10.5. The second-order valence-corrected chi connectivity index (χ2v) is 6.13. The molecule has 0 bridgehead atoms. The fourth-order valence-electron chi connectivity index (χ4n) is 1.09. The van der Waals surface area contributed by atoms with E-state index in [1.54, 1.807) is 0 Å². The Bertz CT molecular complexity index is 147. The van der Waals surface area contributed by atoms with Crippen molar-refractivity contribution in [3.05, 3.63) is 0 Å². The summed E-state index contributed by atoms with van der Waals surface area (Å²) in [6.07, 6.45) is 2.24. The number of rotatable bonds is 6. The molecular weight excluding hydrogens is 174 g/mol. The lowest BCUT2D eigenvalue weighted by Crippen LogP contribution is -2.27. The predicted octanol–water partition coefficient (Wildman–Crippen LogP) is 2.42. The molecule has 2 nitrogen and oxygen atoms in total. The topological polar surface area (TPSA) is 32.3 Å². The van der Waals surface area contributed by atoms with Crippen molar-refractivity contribution >= 4 is 0 Å². The Labute approximate surface area is 89.1 Å². The summed E-state index contributed by atoms with van der Waals surface area (Å²) in [5.74, 6) is 0. The van der Waals surface area contributed by atoms with E-state index in [4.69, 9.17) is 5.11 Å². The van der Waals surface area contributed by atoms with Gasteiger partial charge in [-0.15, -0.1) is 0 Å². The van der Waals surface area contributed by atoms with Gasteiger partial charge in [0.25, 0.3) is 0 Å². The molecule has 0 saturated carbocycles. The van der Waals surface area contributed by atoms with Crippen LogP contribution in [0.4, 0.5) is 0 Å². The van der Waals surface area contributed by atoms with E-state index in [0.717, 1.165) is 19.5 Å². The summed E-state index contributed by atoms with van der Waals surface area (Å²) in [5.41, 5.74) is 0.480. The van der Waals surface area contributed by atoms with Crippen molar-refractivity contribution in [2.45, 2.75) is 47.5 Å². The SMILES string of the molecule is CC(C)(C)CCNCCC(C)(C)CO. The molecule has 0 unspecified atom stereocenters. The highest BCUT2D eigenvalue weighted by molar-refractivity contribution is 4.69. The molecule has 0 aromatic rings. The molecule has 0 aromatic heterocycles. The molecule has 0 rings (SSSR count). The van der Waals surface area contributed by atoms with Crippen molar-refractivity contribution in [2.75, 3.05) is 19.7 Å². The first-order valence-electron chi connectivity index (χ1n) is 5.58. The molecule has 0 aliphatic rings. The van der Waals surface area contributed by atoms with Crippen LogP contribution in [0.3, 0.4) is 0 Å². The van der Waals surface area contributed by atoms with Crippen LogP contribution in [0.15, 0.2) is 0 Å². The van der Waals surface area contributed by atoms with Crippen molar-refractivity contribution in [2.24, 2.45) is 10.8 Å². The quantitative estimate of drug-likeness (QED) is 0.647. The Hall–Kier alpha value is -0.0800. The van der Waals surface area contributed by atoms with Crippen LogP contribution in [0, 0.1) is 10.8 Å². The average molecular weight is 201 g/mol. The van der Waals surface area contributed by atoms with Gasteiger partial charge < -0.3 is 10.4 Å². The van der Waals surface area contributed by atoms with Crippen LogP contribution in [0.5, 0.6) is 0 Å². The highest BCUT2D eigenvalue weighted by Crippen LogP contribution is 2.19. The molecule has 0 heterocycles. The molecule has 0 aromatic carbocycles. The summed E-state index contributed by atoms with van der Waals surface area (Å²) in [6, 6.07) is 0. The maximum Gasteiger partial charge on any atom is 0.0482 e. The lowest BCUT2D eigenvalue weighted by molar-refractivity contribution is 0.149. The van der Waals surface area contributed by atoms with Crippen molar-refractivity contribution < 1.29 is 5.11 Å². The van der Waals surface area contributed by atoms with Gasteiger partial charge in [-0.3, -0.25) is 0 Å². The van der Waals surface area contributed by atoms with Gasteiger partial charge in [0.1, 0.15) is 0 Å². The Balaban J connectivity index is 3.39. The van der Waals surface area contributed by atoms with Gasteiger partial charge in [0, 0.05) is 6.61 Å². The highest BCUT2D eigenvalue weighted by atomic mass is 16.3. The van der Waals surface area contributed by atoms with Crippen LogP contribution in [0.25, 0.3) is 0 Å². The fraction of sp³-hybridized carbons (Fsp3) is 1.00. The van der Waals surface area contributed by atoms with Gasteiger partial charge in [-0.25, -0.2) is 0 Å². The Kier molecular flexibility index (Phi) is 5.68. The first-order valence-corrected chi connectivity index (χ1v) is 5.58. The highest BCUT2D eigenvalue weighted by Gasteiger charge is 2.15. The monoisotopic (exact) mass is 201 g/mol. The second-order valence-electron chi connectivity index (χ2n) is 6.13. The molecule has 0 saturated heterocycles. The Morgan fingerprint density at radius 1 is 0.929 bits per heavy atom. The van der Waals surface area contributed by atoms with Crippen LogP contribution >= 0.6 is 0 Å². The lowest BCUT2D eigenvalue weighted by Gasteiger charge is -2.22. The summed E-state index contributed by atoms with van der Waals surface area (Å²) < 4.78 is 0. The van der Waals surface area contributed by atoms with Gasteiger partial charge in [0.2, 0.25) is 0 Å². The molecule has 2 heteroatoms. The average Bonchev–Trinajstić information content (AvgIpc) is 2.01. The summed E-state index contributed by atoms with van der Waals surface area (Å²) in [5, 5.41) is 12.5.